The molecule has 6 heteroatoms. The van der Waals surface area contributed by atoms with Gasteiger partial charge < -0.3 is 20.1 Å². The molecule has 6 nitrogen and oxygen atoms in total. The van der Waals surface area contributed by atoms with Crippen molar-refractivity contribution < 1.29 is 19.1 Å². The summed E-state index contributed by atoms with van der Waals surface area (Å²) >= 11 is 0. The molecular formula is C21H26N2O4. The lowest BCUT2D eigenvalue weighted by atomic mass is 10.1. The third kappa shape index (κ3) is 6.11. The molecule has 2 amide bonds. The number of nitrogens with one attached hydrogen (secondary N) is 2. The highest BCUT2D eigenvalue weighted by Gasteiger charge is 2.14. The Morgan fingerprint density at radius 3 is 2.56 bits per heavy atom. The average Bonchev–Trinajstić information content (AvgIpc) is 2.68. The van der Waals surface area contributed by atoms with Crippen LogP contribution >= 0.6 is 0 Å². The normalized spacial score (nSPS) is 11.5. The third-order valence-corrected chi connectivity index (χ3v) is 4.05. The number of para-hydroxylation sites is 1. The predicted octanol–water partition coefficient (Wildman–Crippen LogP) is 3.49. The molecule has 27 heavy (non-hydrogen) atoms. The monoisotopic (exact) mass is 370 g/mol. The third-order valence-electron chi connectivity index (χ3n) is 4.05. The topological polar surface area (TPSA) is 76.7 Å². The minimum absolute atomic E-state index is 0.0897. The van der Waals surface area contributed by atoms with Gasteiger partial charge in [-0.05, 0) is 43.7 Å². The minimum Gasteiger partial charge on any atom is -0.490 e. The summed E-state index contributed by atoms with van der Waals surface area (Å²) in [6.45, 7) is 4.74. The van der Waals surface area contributed by atoms with E-state index in [2.05, 4.69) is 10.6 Å². The number of anilines is 1. The standard InChI is InChI=1S/C21H26N2O4/c1-4-15(2)22-20(24)16-8-7-9-17(14-16)23-21(25)18-10-5-6-11-19(18)27-13-12-26-3/h5-11,14-15H,4,12-13H2,1-3H3,(H,22,24)(H,23,25)/t15-/m0/s1. The van der Waals surface area contributed by atoms with E-state index in [-0.39, 0.29) is 17.9 Å². The van der Waals surface area contributed by atoms with Gasteiger partial charge in [-0.2, -0.15) is 0 Å². The van der Waals surface area contributed by atoms with Gasteiger partial charge in [0.05, 0.1) is 12.2 Å². The molecule has 0 spiro atoms. The Balaban J connectivity index is 2.10. The number of methoxy groups -OCH3 is 1. The lowest BCUT2D eigenvalue weighted by Gasteiger charge is -2.13. The van der Waals surface area contributed by atoms with Crippen LogP contribution in [0, 0.1) is 0 Å². The van der Waals surface area contributed by atoms with Crippen LogP contribution in [0.25, 0.3) is 0 Å². The Morgan fingerprint density at radius 2 is 1.81 bits per heavy atom. The first kappa shape index (κ1) is 20.5. The molecule has 144 valence electrons. The number of carbonyl (C=O) groups excluding carboxylic acids is 2. The Morgan fingerprint density at radius 1 is 1.04 bits per heavy atom. The zero-order chi connectivity index (χ0) is 19.6. The van der Waals surface area contributed by atoms with Gasteiger partial charge in [0, 0.05) is 24.4 Å². The van der Waals surface area contributed by atoms with Crippen LogP contribution in [0.1, 0.15) is 41.0 Å². The molecule has 2 rings (SSSR count). The first-order chi connectivity index (χ1) is 13.0. The van der Waals surface area contributed by atoms with E-state index in [9.17, 15) is 9.59 Å². The van der Waals surface area contributed by atoms with Crippen LogP contribution in [0.2, 0.25) is 0 Å². The highest BCUT2D eigenvalue weighted by atomic mass is 16.5. The van der Waals surface area contributed by atoms with Crippen LogP contribution in [-0.4, -0.2) is 38.2 Å². The van der Waals surface area contributed by atoms with Gasteiger partial charge >= 0.3 is 0 Å². The lowest BCUT2D eigenvalue weighted by molar-refractivity contribution is 0.0938. The van der Waals surface area contributed by atoms with Crippen LogP contribution in [0.4, 0.5) is 5.69 Å². The van der Waals surface area contributed by atoms with Crippen LogP contribution in [0.5, 0.6) is 5.75 Å². The largest absolute Gasteiger partial charge is 0.490 e. The molecule has 1 atom stereocenters. The van der Waals surface area contributed by atoms with E-state index in [0.717, 1.165) is 6.42 Å². The quantitative estimate of drug-likeness (QED) is 0.663. The molecule has 2 aromatic rings. The summed E-state index contributed by atoms with van der Waals surface area (Å²) in [5, 5.41) is 5.73. The molecule has 0 saturated carbocycles. The zero-order valence-corrected chi connectivity index (χ0v) is 16.0. The van der Waals surface area contributed by atoms with Crippen LogP contribution in [-0.2, 0) is 4.74 Å². The van der Waals surface area contributed by atoms with Gasteiger partial charge in [-0.15, -0.1) is 0 Å². The molecule has 2 aromatic carbocycles. The number of ether oxygens (including phenoxy) is 2. The summed E-state index contributed by atoms with van der Waals surface area (Å²) < 4.78 is 10.6. The van der Waals surface area contributed by atoms with E-state index in [4.69, 9.17) is 9.47 Å². The Bertz CT molecular complexity index is 776. The highest BCUT2D eigenvalue weighted by Crippen LogP contribution is 2.20. The second-order valence-corrected chi connectivity index (χ2v) is 6.16. The number of benzene rings is 2. The molecule has 0 aliphatic rings. The Labute approximate surface area is 159 Å². The number of hydrogen-bond acceptors (Lipinski definition) is 4. The van der Waals surface area contributed by atoms with Crippen molar-refractivity contribution in [2.24, 2.45) is 0 Å². The molecule has 0 radical (unpaired) electrons. The predicted molar refractivity (Wildman–Crippen MR) is 105 cm³/mol. The van der Waals surface area contributed by atoms with Crippen molar-refractivity contribution in [2.45, 2.75) is 26.3 Å². The number of carbonyl (C=O) groups is 2. The van der Waals surface area contributed by atoms with Crippen molar-refractivity contribution in [1.29, 1.82) is 0 Å². The molecule has 0 saturated heterocycles. The number of amides is 2. The maximum absolute atomic E-state index is 12.6. The minimum atomic E-state index is -0.303. The lowest BCUT2D eigenvalue weighted by Crippen LogP contribution is -2.31. The van der Waals surface area contributed by atoms with Gasteiger partial charge in [0.25, 0.3) is 11.8 Å². The Hall–Kier alpha value is -2.86. The van der Waals surface area contributed by atoms with Gasteiger partial charge in [0.2, 0.25) is 0 Å². The average molecular weight is 370 g/mol. The maximum Gasteiger partial charge on any atom is 0.259 e. The summed E-state index contributed by atoms with van der Waals surface area (Å²) in [6.07, 6.45) is 0.849. The first-order valence-electron chi connectivity index (χ1n) is 8.98. The van der Waals surface area contributed by atoms with Crippen molar-refractivity contribution in [3.05, 3.63) is 59.7 Å². The molecular weight excluding hydrogens is 344 g/mol. The summed E-state index contributed by atoms with van der Waals surface area (Å²) in [5.41, 5.74) is 1.46. The molecule has 0 heterocycles. The fourth-order valence-electron chi connectivity index (χ4n) is 2.36. The smallest absolute Gasteiger partial charge is 0.259 e. The summed E-state index contributed by atoms with van der Waals surface area (Å²) in [7, 11) is 1.59. The van der Waals surface area contributed by atoms with Crippen molar-refractivity contribution in [2.75, 3.05) is 25.6 Å². The van der Waals surface area contributed by atoms with Gasteiger partial charge in [-0.1, -0.05) is 25.1 Å². The van der Waals surface area contributed by atoms with E-state index in [1.54, 1.807) is 55.6 Å². The van der Waals surface area contributed by atoms with Crippen LogP contribution < -0.4 is 15.4 Å². The summed E-state index contributed by atoms with van der Waals surface area (Å²) in [4.78, 5) is 24.9. The van der Waals surface area contributed by atoms with E-state index < -0.39 is 0 Å². The van der Waals surface area contributed by atoms with Crippen LogP contribution in [0.3, 0.4) is 0 Å². The summed E-state index contributed by atoms with van der Waals surface area (Å²) in [6, 6.07) is 13.9. The Kier molecular flexibility index (Phi) is 7.82. The van der Waals surface area contributed by atoms with Gasteiger partial charge in [-0.25, -0.2) is 0 Å². The highest BCUT2D eigenvalue weighted by molar-refractivity contribution is 6.06. The zero-order valence-electron chi connectivity index (χ0n) is 16.0. The first-order valence-corrected chi connectivity index (χ1v) is 8.98. The van der Waals surface area contributed by atoms with E-state index in [1.807, 2.05) is 13.8 Å². The van der Waals surface area contributed by atoms with Crippen molar-refractivity contribution >= 4 is 17.5 Å². The van der Waals surface area contributed by atoms with Crippen LogP contribution in [0.15, 0.2) is 48.5 Å². The van der Waals surface area contributed by atoms with E-state index in [1.165, 1.54) is 0 Å². The molecule has 0 aliphatic carbocycles. The van der Waals surface area contributed by atoms with Gasteiger partial charge in [-0.3, -0.25) is 9.59 Å². The number of hydrogen-bond donors (Lipinski definition) is 2. The van der Waals surface area contributed by atoms with Gasteiger partial charge in [0.1, 0.15) is 12.4 Å². The molecule has 0 fully saturated rings. The number of rotatable bonds is 9. The van der Waals surface area contributed by atoms with E-state index in [0.29, 0.717) is 35.8 Å². The second-order valence-electron chi connectivity index (χ2n) is 6.16. The van der Waals surface area contributed by atoms with Gasteiger partial charge in [0.15, 0.2) is 0 Å². The SMILES string of the molecule is CC[C@H](C)NC(=O)c1cccc(NC(=O)c2ccccc2OCCOC)c1. The molecule has 0 aromatic heterocycles. The maximum atomic E-state index is 12.6. The molecule has 0 aliphatic heterocycles. The fraction of sp³-hybridized carbons (Fsp3) is 0.333. The molecule has 0 unspecified atom stereocenters. The van der Waals surface area contributed by atoms with Crippen molar-refractivity contribution in [3.8, 4) is 5.75 Å². The van der Waals surface area contributed by atoms with Crippen molar-refractivity contribution in [3.63, 3.8) is 0 Å². The van der Waals surface area contributed by atoms with Crippen molar-refractivity contribution in [1.82, 2.24) is 5.32 Å². The molecule has 0 bridgehead atoms. The second kappa shape index (κ2) is 10.3. The molecule has 2 N–H and O–H groups in total. The van der Waals surface area contributed by atoms with E-state index >= 15 is 0 Å². The summed E-state index contributed by atoms with van der Waals surface area (Å²) in [5.74, 6) is 0.0176. The fourth-order valence-corrected chi connectivity index (χ4v) is 2.36.